The third-order valence-corrected chi connectivity index (χ3v) is 2.61. The molecule has 0 amide bonds. The number of hydrogen-bond acceptors (Lipinski definition) is 3. The van der Waals surface area contributed by atoms with Crippen molar-refractivity contribution in [2.45, 2.75) is 57.8 Å². The second-order valence-electron chi connectivity index (χ2n) is 4.19. The maximum atomic E-state index is 10.2. The van der Waals surface area contributed by atoms with E-state index in [1.165, 1.54) is 19.3 Å². The summed E-state index contributed by atoms with van der Waals surface area (Å²) in [7, 11) is 0. The summed E-state index contributed by atoms with van der Waals surface area (Å²) in [5.74, 6) is -0.693. The van der Waals surface area contributed by atoms with Gasteiger partial charge >= 0.3 is 5.97 Å². The zero-order valence-electron chi connectivity index (χ0n) is 10.4. The van der Waals surface area contributed by atoms with Crippen LogP contribution < -0.4 is 0 Å². The van der Waals surface area contributed by atoms with Crippen LogP contribution >= 0.6 is 0 Å². The van der Waals surface area contributed by atoms with Gasteiger partial charge in [0.05, 0.1) is 6.54 Å². The van der Waals surface area contributed by atoms with Crippen molar-refractivity contribution in [2.24, 2.45) is 5.18 Å². The molecule has 0 aliphatic rings. The summed E-state index contributed by atoms with van der Waals surface area (Å²) < 4.78 is 0. The maximum absolute atomic E-state index is 10.2. The van der Waals surface area contributed by atoms with Crippen LogP contribution in [0.15, 0.2) is 17.3 Å². The molecule has 0 aromatic heterocycles. The molecule has 0 radical (unpaired) electrons. The predicted octanol–water partition coefficient (Wildman–Crippen LogP) is 3.90. The number of carbonyl (C=O) groups is 1. The Balaban J connectivity index is 3.03. The maximum Gasteiger partial charge on any atom is 0.303 e. The molecule has 0 unspecified atom stereocenters. The van der Waals surface area contributed by atoms with Crippen LogP contribution in [0.4, 0.5) is 0 Å². The number of nitrogens with zero attached hydrogens (tertiary/aromatic N) is 1. The van der Waals surface area contributed by atoms with Crippen LogP contribution in [-0.2, 0) is 4.79 Å². The summed E-state index contributed by atoms with van der Waals surface area (Å²) in [6.45, 7) is 0.281. The summed E-state index contributed by atoms with van der Waals surface area (Å²) in [5, 5.41) is 11.2. The summed E-state index contributed by atoms with van der Waals surface area (Å²) in [5.41, 5.74) is 0. The van der Waals surface area contributed by atoms with Gasteiger partial charge in [-0.3, -0.25) is 4.79 Å². The van der Waals surface area contributed by atoms with E-state index in [0.717, 1.165) is 32.1 Å². The summed E-state index contributed by atoms with van der Waals surface area (Å²) in [4.78, 5) is 20.0. The van der Waals surface area contributed by atoms with Crippen molar-refractivity contribution in [2.75, 3.05) is 6.54 Å². The molecule has 4 heteroatoms. The van der Waals surface area contributed by atoms with Crippen molar-refractivity contribution in [1.82, 2.24) is 0 Å². The summed E-state index contributed by atoms with van der Waals surface area (Å²) in [6, 6.07) is 0. The Bertz CT molecular complexity index is 227. The van der Waals surface area contributed by atoms with Crippen LogP contribution in [0.1, 0.15) is 57.8 Å². The van der Waals surface area contributed by atoms with Gasteiger partial charge in [-0.1, -0.05) is 49.4 Å². The van der Waals surface area contributed by atoms with E-state index in [-0.39, 0.29) is 6.54 Å². The molecule has 0 fully saturated rings. The normalized spacial score (nSPS) is 10.8. The molecule has 0 atom stereocenters. The Kier molecular flexibility index (Phi) is 12.0. The molecule has 0 rings (SSSR count). The highest BCUT2D eigenvalue weighted by atomic mass is 16.4. The molecule has 0 spiro atoms. The smallest absolute Gasteiger partial charge is 0.303 e. The number of nitroso groups, excluding NO2 is 1. The van der Waals surface area contributed by atoms with Crippen molar-refractivity contribution in [1.29, 1.82) is 0 Å². The van der Waals surface area contributed by atoms with Gasteiger partial charge in [-0.05, 0) is 19.3 Å². The number of unbranched alkanes of at least 4 members (excludes halogenated alkanes) is 7. The van der Waals surface area contributed by atoms with Crippen molar-refractivity contribution in [3.8, 4) is 0 Å². The van der Waals surface area contributed by atoms with Gasteiger partial charge in [-0.2, -0.15) is 4.91 Å². The molecule has 0 saturated carbocycles. The Hall–Kier alpha value is -1.19. The lowest BCUT2D eigenvalue weighted by molar-refractivity contribution is -0.137. The molecule has 0 aromatic carbocycles. The van der Waals surface area contributed by atoms with Crippen molar-refractivity contribution in [3.63, 3.8) is 0 Å². The van der Waals surface area contributed by atoms with Crippen LogP contribution in [-0.4, -0.2) is 17.6 Å². The van der Waals surface area contributed by atoms with Crippen LogP contribution in [0.5, 0.6) is 0 Å². The number of carboxylic acid groups (broad SMARTS) is 1. The molecule has 0 bridgehead atoms. The van der Waals surface area contributed by atoms with Gasteiger partial charge in [0.1, 0.15) is 0 Å². The molecule has 0 saturated heterocycles. The lowest BCUT2D eigenvalue weighted by Crippen LogP contribution is -1.93. The minimum atomic E-state index is -0.693. The van der Waals surface area contributed by atoms with Gasteiger partial charge < -0.3 is 5.11 Å². The van der Waals surface area contributed by atoms with E-state index in [1.54, 1.807) is 6.08 Å². The number of hydrogen-bond donors (Lipinski definition) is 1. The highest BCUT2D eigenvalue weighted by molar-refractivity contribution is 5.66. The summed E-state index contributed by atoms with van der Waals surface area (Å²) >= 11 is 0. The Labute approximate surface area is 103 Å². The number of carboxylic acids is 1. The highest BCUT2D eigenvalue weighted by Crippen LogP contribution is 2.09. The SMILES string of the molecule is O=NC/C=C/CCCCCCCCCC(=O)O. The van der Waals surface area contributed by atoms with E-state index in [4.69, 9.17) is 5.11 Å². The summed E-state index contributed by atoms with van der Waals surface area (Å²) in [6.07, 6.45) is 12.9. The lowest BCUT2D eigenvalue weighted by atomic mass is 10.1. The predicted molar refractivity (Wildman–Crippen MR) is 69.0 cm³/mol. The van der Waals surface area contributed by atoms with E-state index in [2.05, 4.69) is 5.18 Å². The highest BCUT2D eigenvalue weighted by Gasteiger charge is 1.96. The standard InChI is InChI=1S/C13H23NO3/c15-13(16)11-9-7-5-3-1-2-4-6-8-10-12-14-17/h8,10H,1-7,9,11-12H2,(H,15,16)/b10-8+. The number of allylic oxidation sites excluding steroid dienone is 1. The van der Waals surface area contributed by atoms with Crippen LogP contribution in [0.25, 0.3) is 0 Å². The van der Waals surface area contributed by atoms with E-state index >= 15 is 0 Å². The monoisotopic (exact) mass is 241 g/mol. The van der Waals surface area contributed by atoms with Gasteiger partial charge in [-0.15, -0.1) is 0 Å². The molecular formula is C13H23NO3. The molecule has 4 nitrogen and oxygen atoms in total. The molecule has 0 aliphatic heterocycles. The van der Waals surface area contributed by atoms with Crippen molar-refractivity contribution < 1.29 is 9.90 Å². The lowest BCUT2D eigenvalue weighted by Gasteiger charge is -1.99. The molecule has 1 N–H and O–H groups in total. The number of rotatable bonds is 12. The second-order valence-corrected chi connectivity index (χ2v) is 4.19. The molecule has 0 aromatic rings. The third kappa shape index (κ3) is 14.8. The van der Waals surface area contributed by atoms with E-state index in [9.17, 15) is 9.70 Å². The minimum absolute atomic E-state index is 0.281. The first-order chi connectivity index (χ1) is 8.27. The molecule has 0 aliphatic carbocycles. The molecule has 17 heavy (non-hydrogen) atoms. The second kappa shape index (κ2) is 12.9. The molecular weight excluding hydrogens is 218 g/mol. The largest absolute Gasteiger partial charge is 0.481 e. The Morgan fingerprint density at radius 2 is 1.53 bits per heavy atom. The first-order valence-electron chi connectivity index (χ1n) is 6.43. The van der Waals surface area contributed by atoms with Gasteiger partial charge in [0.25, 0.3) is 0 Å². The van der Waals surface area contributed by atoms with Gasteiger partial charge in [0.15, 0.2) is 0 Å². The van der Waals surface area contributed by atoms with Gasteiger partial charge in [-0.25, -0.2) is 0 Å². The average molecular weight is 241 g/mol. The van der Waals surface area contributed by atoms with Crippen LogP contribution in [0.3, 0.4) is 0 Å². The first kappa shape index (κ1) is 15.8. The van der Waals surface area contributed by atoms with E-state index < -0.39 is 5.97 Å². The first-order valence-corrected chi connectivity index (χ1v) is 6.43. The fraction of sp³-hybridized carbons (Fsp3) is 0.769. The zero-order chi connectivity index (χ0) is 12.8. The quantitative estimate of drug-likeness (QED) is 0.320. The third-order valence-electron chi connectivity index (χ3n) is 2.61. The number of aliphatic carboxylic acids is 1. The fourth-order valence-corrected chi connectivity index (χ4v) is 1.66. The van der Waals surface area contributed by atoms with Crippen LogP contribution in [0, 0.1) is 4.91 Å². The van der Waals surface area contributed by atoms with Crippen molar-refractivity contribution >= 4 is 5.97 Å². The topological polar surface area (TPSA) is 66.7 Å². The zero-order valence-corrected chi connectivity index (χ0v) is 10.4. The molecule has 98 valence electrons. The van der Waals surface area contributed by atoms with E-state index in [0.29, 0.717) is 6.42 Å². The average Bonchev–Trinajstić information content (AvgIpc) is 2.30. The Morgan fingerprint density at radius 1 is 0.941 bits per heavy atom. The van der Waals surface area contributed by atoms with Gasteiger partial charge in [0.2, 0.25) is 0 Å². The fourth-order valence-electron chi connectivity index (χ4n) is 1.66. The molecule has 0 heterocycles. The van der Waals surface area contributed by atoms with E-state index in [1.807, 2.05) is 6.08 Å². The van der Waals surface area contributed by atoms with Gasteiger partial charge in [0, 0.05) is 6.42 Å². The minimum Gasteiger partial charge on any atom is -0.481 e. The van der Waals surface area contributed by atoms with Crippen molar-refractivity contribution in [3.05, 3.63) is 17.1 Å². The Morgan fingerprint density at radius 3 is 2.12 bits per heavy atom. The van der Waals surface area contributed by atoms with Crippen LogP contribution in [0.2, 0.25) is 0 Å².